The van der Waals surface area contributed by atoms with Crippen LogP contribution in [0.5, 0.6) is 0 Å². The largest absolute Gasteiger partial charge is 0.288 e. The zero-order valence-electron chi connectivity index (χ0n) is 7.15. The standard InChI is InChI=1S/C9H8N2O2/c1-6-2-7-4-10-5-8(7)3-9(6)11(12)13/h2-4H,5H2,1H3. The van der Waals surface area contributed by atoms with Crippen LogP contribution in [0.25, 0.3) is 0 Å². The van der Waals surface area contributed by atoms with E-state index >= 15 is 0 Å². The highest BCUT2D eigenvalue weighted by Gasteiger charge is 2.15. The fourth-order valence-corrected chi connectivity index (χ4v) is 1.46. The molecule has 0 bridgehead atoms. The number of hydrogen-bond acceptors (Lipinski definition) is 3. The van der Waals surface area contributed by atoms with Crippen molar-refractivity contribution < 1.29 is 4.92 Å². The highest BCUT2D eigenvalue weighted by Crippen LogP contribution is 2.24. The van der Waals surface area contributed by atoms with E-state index < -0.39 is 0 Å². The molecule has 0 saturated heterocycles. The van der Waals surface area contributed by atoms with Gasteiger partial charge >= 0.3 is 0 Å². The second-order valence-electron chi connectivity index (χ2n) is 3.06. The normalized spacial score (nSPS) is 13.0. The Kier molecular flexibility index (Phi) is 1.62. The quantitative estimate of drug-likeness (QED) is 0.484. The number of hydrogen-bond donors (Lipinski definition) is 0. The van der Waals surface area contributed by atoms with E-state index in [2.05, 4.69) is 4.99 Å². The van der Waals surface area contributed by atoms with Gasteiger partial charge in [-0.15, -0.1) is 0 Å². The van der Waals surface area contributed by atoms with Gasteiger partial charge in [-0.3, -0.25) is 15.1 Å². The van der Waals surface area contributed by atoms with Crippen molar-refractivity contribution in [2.75, 3.05) is 0 Å². The first kappa shape index (κ1) is 7.91. The smallest absolute Gasteiger partial charge is 0.272 e. The molecular formula is C9H8N2O2. The third-order valence-corrected chi connectivity index (χ3v) is 2.15. The summed E-state index contributed by atoms with van der Waals surface area (Å²) in [5, 5.41) is 10.6. The zero-order valence-corrected chi connectivity index (χ0v) is 7.15. The Morgan fingerprint density at radius 2 is 2.31 bits per heavy atom. The Bertz CT molecular complexity index is 410. The summed E-state index contributed by atoms with van der Waals surface area (Å²) in [5.74, 6) is 0. The highest BCUT2D eigenvalue weighted by molar-refractivity contribution is 5.85. The van der Waals surface area contributed by atoms with E-state index in [9.17, 15) is 10.1 Å². The second kappa shape index (κ2) is 2.65. The van der Waals surface area contributed by atoms with Crippen molar-refractivity contribution in [3.05, 3.63) is 38.9 Å². The molecule has 4 heteroatoms. The van der Waals surface area contributed by atoms with Crippen LogP contribution < -0.4 is 0 Å². The Hall–Kier alpha value is -1.71. The van der Waals surface area contributed by atoms with E-state index in [0.717, 1.165) is 11.1 Å². The van der Waals surface area contributed by atoms with Crippen molar-refractivity contribution in [1.82, 2.24) is 0 Å². The molecular weight excluding hydrogens is 168 g/mol. The molecule has 0 aliphatic carbocycles. The molecule has 0 spiro atoms. The predicted octanol–water partition coefficient (Wildman–Crippen LogP) is 1.84. The van der Waals surface area contributed by atoms with Crippen LogP contribution in [0.4, 0.5) is 5.69 Å². The van der Waals surface area contributed by atoms with Crippen LogP contribution in [0, 0.1) is 17.0 Å². The summed E-state index contributed by atoms with van der Waals surface area (Å²) in [7, 11) is 0. The van der Waals surface area contributed by atoms with Crippen LogP contribution in [0.2, 0.25) is 0 Å². The molecule has 0 unspecified atom stereocenters. The molecule has 1 aromatic carbocycles. The molecule has 1 aliphatic heterocycles. The van der Waals surface area contributed by atoms with Gasteiger partial charge in [-0.1, -0.05) is 0 Å². The van der Waals surface area contributed by atoms with E-state index in [1.165, 1.54) is 0 Å². The lowest BCUT2D eigenvalue weighted by Crippen LogP contribution is -1.95. The molecule has 66 valence electrons. The molecule has 0 atom stereocenters. The average molecular weight is 176 g/mol. The van der Waals surface area contributed by atoms with Gasteiger partial charge in [0.1, 0.15) is 0 Å². The molecule has 2 rings (SSSR count). The number of nitro benzene ring substituents is 1. The Labute approximate surface area is 75.1 Å². The molecule has 1 aromatic rings. The lowest BCUT2D eigenvalue weighted by Gasteiger charge is -2.00. The first-order valence-corrected chi connectivity index (χ1v) is 3.96. The van der Waals surface area contributed by atoms with Crippen molar-refractivity contribution in [2.45, 2.75) is 13.5 Å². The van der Waals surface area contributed by atoms with E-state index in [1.807, 2.05) is 6.07 Å². The molecule has 4 nitrogen and oxygen atoms in total. The van der Waals surface area contributed by atoms with Crippen molar-refractivity contribution in [3.63, 3.8) is 0 Å². The number of aliphatic imine (C=N–C) groups is 1. The minimum atomic E-state index is -0.353. The van der Waals surface area contributed by atoms with Gasteiger partial charge in [0.15, 0.2) is 0 Å². The lowest BCUT2D eigenvalue weighted by atomic mass is 10.1. The zero-order chi connectivity index (χ0) is 9.42. The van der Waals surface area contributed by atoms with Crippen LogP contribution in [-0.4, -0.2) is 11.1 Å². The van der Waals surface area contributed by atoms with Crippen LogP contribution in [0.1, 0.15) is 16.7 Å². The molecule has 1 aliphatic rings. The summed E-state index contributed by atoms with van der Waals surface area (Å²) >= 11 is 0. The van der Waals surface area contributed by atoms with Crippen LogP contribution in [-0.2, 0) is 6.54 Å². The van der Waals surface area contributed by atoms with E-state index in [0.29, 0.717) is 12.1 Å². The highest BCUT2D eigenvalue weighted by atomic mass is 16.6. The number of nitrogens with zero attached hydrogens (tertiary/aromatic N) is 2. The van der Waals surface area contributed by atoms with E-state index in [1.54, 1.807) is 19.2 Å². The van der Waals surface area contributed by atoms with Gasteiger partial charge in [0, 0.05) is 17.8 Å². The fourth-order valence-electron chi connectivity index (χ4n) is 1.46. The molecule has 13 heavy (non-hydrogen) atoms. The lowest BCUT2D eigenvalue weighted by molar-refractivity contribution is -0.385. The summed E-state index contributed by atoms with van der Waals surface area (Å²) in [6.45, 7) is 2.31. The average Bonchev–Trinajstić information content (AvgIpc) is 2.48. The predicted molar refractivity (Wildman–Crippen MR) is 49.1 cm³/mol. The molecule has 0 aromatic heterocycles. The Morgan fingerprint density at radius 1 is 1.54 bits per heavy atom. The number of nitro groups is 1. The minimum absolute atomic E-state index is 0.184. The van der Waals surface area contributed by atoms with E-state index in [-0.39, 0.29) is 10.6 Å². The molecule has 0 N–H and O–H groups in total. The monoisotopic (exact) mass is 176 g/mol. The summed E-state index contributed by atoms with van der Waals surface area (Å²) in [6, 6.07) is 3.42. The second-order valence-corrected chi connectivity index (χ2v) is 3.06. The van der Waals surface area contributed by atoms with Gasteiger partial charge < -0.3 is 0 Å². The first-order valence-electron chi connectivity index (χ1n) is 3.96. The molecule has 0 saturated carbocycles. The van der Waals surface area contributed by atoms with Gasteiger partial charge in [0.25, 0.3) is 5.69 Å². The Balaban J connectivity index is 2.59. The third-order valence-electron chi connectivity index (χ3n) is 2.15. The summed E-state index contributed by atoms with van der Waals surface area (Å²) in [5.41, 5.74) is 2.82. The summed E-state index contributed by atoms with van der Waals surface area (Å²) < 4.78 is 0. The van der Waals surface area contributed by atoms with Crippen LogP contribution in [0.3, 0.4) is 0 Å². The summed E-state index contributed by atoms with van der Waals surface area (Å²) in [4.78, 5) is 14.3. The third kappa shape index (κ3) is 1.20. The van der Waals surface area contributed by atoms with E-state index in [4.69, 9.17) is 0 Å². The molecule has 0 fully saturated rings. The first-order chi connectivity index (χ1) is 6.18. The van der Waals surface area contributed by atoms with Crippen molar-refractivity contribution in [3.8, 4) is 0 Å². The molecule has 0 amide bonds. The maximum atomic E-state index is 10.6. The maximum absolute atomic E-state index is 10.6. The van der Waals surface area contributed by atoms with Crippen molar-refractivity contribution in [2.24, 2.45) is 4.99 Å². The van der Waals surface area contributed by atoms with Crippen LogP contribution in [0.15, 0.2) is 17.1 Å². The SMILES string of the molecule is Cc1cc2c(cc1[N+](=O)[O-])CN=C2. The number of rotatable bonds is 1. The fraction of sp³-hybridized carbons (Fsp3) is 0.222. The molecule has 0 radical (unpaired) electrons. The van der Waals surface area contributed by atoms with Crippen molar-refractivity contribution >= 4 is 11.9 Å². The number of fused-ring (bicyclic) bond motifs is 1. The van der Waals surface area contributed by atoms with Gasteiger partial charge in [-0.05, 0) is 24.1 Å². The van der Waals surface area contributed by atoms with Crippen molar-refractivity contribution in [1.29, 1.82) is 0 Å². The molecule has 1 heterocycles. The topological polar surface area (TPSA) is 55.5 Å². The minimum Gasteiger partial charge on any atom is -0.288 e. The maximum Gasteiger partial charge on any atom is 0.272 e. The summed E-state index contributed by atoms with van der Waals surface area (Å²) in [6.07, 6.45) is 1.76. The number of benzene rings is 1. The van der Waals surface area contributed by atoms with Gasteiger partial charge in [0.05, 0.1) is 11.5 Å². The van der Waals surface area contributed by atoms with Gasteiger partial charge in [-0.25, -0.2) is 0 Å². The Morgan fingerprint density at radius 3 is 3.00 bits per heavy atom. The van der Waals surface area contributed by atoms with Gasteiger partial charge in [-0.2, -0.15) is 0 Å². The van der Waals surface area contributed by atoms with Crippen LogP contribution >= 0.6 is 0 Å². The number of aryl methyl sites for hydroxylation is 1. The van der Waals surface area contributed by atoms with Gasteiger partial charge in [0.2, 0.25) is 0 Å².